The van der Waals surface area contributed by atoms with Crippen LogP contribution in [-0.4, -0.2) is 15.1 Å². The summed E-state index contributed by atoms with van der Waals surface area (Å²) in [6.07, 6.45) is 3.17. The van der Waals surface area contributed by atoms with Gasteiger partial charge in [-0.05, 0) is 18.6 Å². The molecular weight excluding hydrogens is 202 g/mol. The molecular formula is C12H17N3O. The van der Waals surface area contributed by atoms with Crippen molar-refractivity contribution in [2.75, 3.05) is 0 Å². The van der Waals surface area contributed by atoms with Crippen LogP contribution in [-0.2, 0) is 0 Å². The molecule has 86 valence electrons. The Kier molecular flexibility index (Phi) is 3.10. The van der Waals surface area contributed by atoms with Crippen molar-refractivity contribution in [2.45, 2.75) is 32.2 Å². The molecule has 2 rings (SSSR count). The van der Waals surface area contributed by atoms with Crippen LogP contribution < -0.4 is 5.73 Å². The topological polar surface area (TPSA) is 74.9 Å². The van der Waals surface area contributed by atoms with E-state index >= 15 is 0 Å². The molecule has 4 N–H and O–H groups in total. The molecule has 1 heterocycles. The number of nitrogens with zero attached hydrogens (tertiary/aromatic N) is 1. The number of nitrogens with two attached hydrogens (primary N) is 1. The monoisotopic (exact) mass is 219 g/mol. The summed E-state index contributed by atoms with van der Waals surface area (Å²) in [5, 5.41) is 9.34. The Balaban J connectivity index is 2.25. The van der Waals surface area contributed by atoms with E-state index in [1.165, 1.54) is 0 Å². The zero-order valence-electron chi connectivity index (χ0n) is 9.40. The SMILES string of the molecule is CCCCC(N)c1nc2ccc(O)cc2[nH]1. The van der Waals surface area contributed by atoms with Crippen LogP contribution in [0.4, 0.5) is 0 Å². The standard InChI is InChI=1S/C12H17N3O/c1-2-3-4-9(13)12-14-10-6-5-8(16)7-11(10)15-12/h5-7,9,16H,2-4,13H2,1H3,(H,14,15). The second-order valence-corrected chi connectivity index (χ2v) is 4.07. The molecule has 0 fully saturated rings. The van der Waals surface area contributed by atoms with Crippen molar-refractivity contribution in [3.63, 3.8) is 0 Å². The lowest BCUT2D eigenvalue weighted by atomic mass is 10.1. The van der Waals surface area contributed by atoms with Crippen molar-refractivity contribution >= 4 is 11.0 Å². The van der Waals surface area contributed by atoms with Crippen molar-refractivity contribution in [2.24, 2.45) is 5.73 Å². The molecule has 1 atom stereocenters. The van der Waals surface area contributed by atoms with E-state index in [1.807, 2.05) is 0 Å². The van der Waals surface area contributed by atoms with E-state index in [-0.39, 0.29) is 11.8 Å². The second-order valence-electron chi connectivity index (χ2n) is 4.07. The highest BCUT2D eigenvalue weighted by Gasteiger charge is 2.10. The molecule has 4 heteroatoms. The highest BCUT2D eigenvalue weighted by Crippen LogP contribution is 2.21. The number of imidazole rings is 1. The van der Waals surface area contributed by atoms with Crippen LogP contribution in [0, 0.1) is 0 Å². The van der Waals surface area contributed by atoms with Gasteiger partial charge < -0.3 is 15.8 Å². The Morgan fingerprint density at radius 2 is 2.31 bits per heavy atom. The highest BCUT2D eigenvalue weighted by molar-refractivity contribution is 5.76. The van der Waals surface area contributed by atoms with Gasteiger partial charge in [0.1, 0.15) is 11.6 Å². The summed E-state index contributed by atoms with van der Waals surface area (Å²) in [5.41, 5.74) is 7.71. The smallest absolute Gasteiger partial charge is 0.124 e. The van der Waals surface area contributed by atoms with E-state index in [1.54, 1.807) is 18.2 Å². The van der Waals surface area contributed by atoms with Gasteiger partial charge in [-0.3, -0.25) is 0 Å². The molecule has 4 nitrogen and oxygen atoms in total. The second kappa shape index (κ2) is 4.53. The quantitative estimate of drug-likeness (QED) is 0.739. The van der Waals surface area contributed by atoms with E-state index in [0.717, 1.165) is 36.1 Å². The number of phenolic OH excluding ortho intramolecular Hbond substituents is 1. The van der Waals surface area contributed by atoms with Crippen LogP contribution in [0.3, 0.4) is 0 Å². The fraction of sp³-hybridized carbons (Fsp3) is 0.417. The molecule has 0 aliphatic heterocycles. The van der Waals surface area contributed by atoms with Crippen LogP contribution in [0.2, 0.25) is 0 Å². The number of benzene rings is 1. The van der Waals surface area contributed by atoms with Crippen molar-refractivity contribution in [1.29, 1.82) is 0 Å². The van der Waals surface area contributed by atoms with Gasteiger partial charge in [-0.25, -0.2) is 4.98 Å². The summed E-state index contributed by atoms with van der Waals surface area (Å²) >= 11 is 0. The van der Waals surface area contributed by atoms with Gasteiger partial charge in [0.15, 0.2) is 0 Å². The van der Waals surface area contributed by atoms with Gasteiger partial charge >= 0.3 is 0 Å². The number of rotatable bonds is 4. The van der Waals surface area contributed by atoms with Crippen LogP contribution >= 0.6 is 0 Å². The van der Waals surface area contributed by atoms with Gasteiger partial charge in [0.05, 0.1) is 17.1 Å². The predicted molar refractivity (Wildman–Crippen MR) is 64.2 cm³/mol. The van der Waals surface area contributed by atoms with Crippen molar-refractivity contribution in [3.05, 3.63) is 24.0 Å². The number of fused-ring (bicyclic) bond motifs is 1. The number of aromatic amines is 1. The molecule has 0 saturated carbocycles. The normalized spacial score (nSPS) is 13.1. The predicted octanol–water partition coefficient (Wildman–Crippen LogP) is 2.46. The third-order valence-electron chi connectivity index (χ3n) is 2.70. The van der Waals surface area contributed by atoms with E-state index in [0.29, 0.717) is 0 Å². The van der Waals surface area contributed by atoms with Crippen LogP contribution in [0.1, 0.15) is 38.1 Å². The first-order chi connectivity index (χ1) is 7.70. The summed E-state index contributed by atoms with van der Waals surface area (Å²) in [4.78, 5) is 7.56. The average Bonchev–Trinajstić information content (AvgIpc) is 2.68. The van der Waals surface area contributed by atoms with E-state index in [2.05, 4.69) is 16.9 Å². The van der Waals surface area contributed by atoms with Crippen molar-refractivity contribution in [1.82, 2.24) is 9.97 Å². The molecule has 1 aromatic heterocycles. The van der Waals surface area contributed by atoms with Crippen molar-refractivity contribution in [3.8, 4) is 5.75 Å². The van der Waals surface area contributed by atoms with Gasteiger partial charge in [0.25, 0.3) is 0 Å². The molecule has 0 aliphatic carbocycles. The Bertz CT molecular complexity index is 478. The molecule has 0 radical (unpaired) electrons. The number of hydrogen-bond donors (Lipinski definition) is 3. The lowest BCUT2D eigenvalue weighted by Crippen LogP contribution is -2.11. The van der Waals surface area contributed by atoms with Crippen LogP contribution in [0.25, 0.3) is 11.0 Å². The zero-order valence-corrected chi connectivity index (χ0v) is 9.40. The van der Waals surface area contributed by atoms with Gasteiger partial charge in [0, 0.05) is 6.07 Å². The van der Waals surface area contributed by atoms with Crippen LogP contribution in [0.15, 0.2) is 18.2 Å². The molecule has 1 unspecified atom stereocenters. The number of H-pyrrole nitrogens is 1. The fourth-order valence-electron chi connectivity index (χ4n) is 1.75. The maximum absolute atomic E-state index is 9.34. The third-order valence-corrected chi connectivity index (χ3v) is 2.70. The summed E-state index contributed by atoms with van der Waals surface area (Å²) in [7, 11) is 0. The fourth-order valence-corrected chi connectivity index (χ4v) is 1.75. The minimum absolute atomic E-state index is 0.0468. The number of nitrogens with one attached hydrogen (secondary N) is 1. The lowest BCUT2D eigenvalue weighted by Gasteiger charge is -2.06. The van der Waals surface area contributed by atoms with Gasteiger partial charge in [-0.15, -0.1) is 0 Å². The first kappa shape index (κ1) is 11.0. The molecule has 0 spiro atoms. The van der Waals surface area contributed by atoms with E-state index < -0.39 is 0 Å². The van der Waals surface area contributed by atoms with E-state index in [9.17, 15) is 5.11 Å². The maximum Gasteiger partial charge on any atom is 0.124 e. The van der Waals surface area contributed by atoms with Crippen LogP contribution in [0.5, 0.6) is 5.75 Å². The Morgan fingerprint density at radius 1 is 1.50 bits per heavy atom. The van der Waals surface area contributed by atoms with Gasteiger partial charge in [-0.2, -0.15) is 0 Å². The number of aromatic hydroxyl groups is 1. The number of unbranched alkanes of at least 4 members (excludes halogenated alkanes) is 1. The number of hydrogen-bond acceptors (Lipinski definition) is 3. The maximum atomic E-state index is 9.34. The summed E-state index contributed by atoms with van der Waals surface area (Å²) in [6.45, 7) is 2.14. The highest BCUT2D eigenvalue weighted by atomic mass is 16.3. The van der Waals surface area contributed by atoms with Crippen molar-refractivity contribution < 1.29 is 5.11 Å². The van der Waals surface area contributed by atoms with Gasteiger partial charge in [-0.1, -0.05) is 19.8 Å². The minimum Gasteiger partial charge on any atom is -0.508 e. The minimum atomic E-state index is -0.0468. The molecule has 0 bridgehead atoms. The molecule has 1 aromatic carbocycles. The Labute approximate surface area is 94.5 Å². The molecule has 2 aromatic rings. The number of aromatic nitrogens is 2. The molecule has 16 heavy (non-hydrogen) atoms. The van der Waals surface area contributed by atoms with Gasteiger partial charge in [0.2, 0.25) is 0 Å². The number of phenols is 1. The molecule has 0 amide bonds. The molecule has 0 saturated heterocycles. The zero-order chi connectivity index (χ0) is 11.5. The Hall–Kier alpha value is -1.55. The first-order valence-corrected chi connectivity index (χ1v) is 5.65. The summed E-state index contributed by atoms with van der Waals surface area (Å²) in [5.74, 6) is 1.04. The largest absolute Gasteiger partial charge is 0.508 e. The van der Waals surface area contributed by atoms with E-state index in [4.69, 9.17) is 5.73 Å². The summed E-state index contributed by atoms with van der Waals surface area (Å²) < 4.78 is 0. The lowest BCUT2D eigenvalue weighted by molar-refractivity contribution is 0.476. The average molecular weight is 219 g/mol. The first-order valence-electron chi connectivity index (χ1n) is 5.65. The Morgan fingerprint density at radius 3 is 3.06 bits per heavy atom. The third kappa shape index (κ3) is 2.17. The molecule has 0 aliphatic rings. The summed E-state index contributed by atoms with van der Waals surface area (Å²) in [6, 6.07) is 5.04.